The van der Waals surface area contributed by atoms with Crippen molar-refractivity contribution in [1.82, 2.24) is 4.90 Å². The molecule has 1 N–H and O–H groups in total. The monoisotopic (exact) mass is 409 g/mol. The molecule has 1 heterocycles. The second-order valence-corrected chi connectivity index (χ2v) is 7.18. The zero-order valence-electron chi connectivity index (χ0n) is 14.6. The average molecular weight is 410 g/mol. The number of nitrogens with one attached hydrogen (secondary N) is 1. The second kappa shape index (κ2) is 9.46. The van der Waals surface area contributed by atoms with E-state index in [9.17, 15) is 10.1 Å². The topological polar surface area (TPSA) is 67.6 Å². The zero-order valence-corrected chi connectivity index (χ0v) is 16.2. The fraction of sp³-hybridized carbons (Fsp3) is 0.444. The number of hydrogen-bond acceptors (Lipinski definition) is 5. The lowest BCUT2D eigenvalue weighted by Gasteiger charge is -2.18. The number of nitro groups is 1. The Hall–Kier alpha value is -2.02. The van der Waals surface area contributed by atoms with Crippen molar-refractivity contribution in [2.24, 2.45) is 5.92 Å². The summed E-state index contributed by atoms with van der Waals surface area (Å²) in [5.74, 6) is 1.28. The number of benzene rings is 1. The summed E-state index contributed by atoms with van der Waals surface area (Å²) >= 11 is 3.35. The third-order valence-electron chi connectivity index (χ3n) is 3.93. The maximum atomic E-state index is 11.1. The van der Waals surface area contributed by atoms with Gasteiger partial charge in [-0.2, -0.15) is 0 Å². The fourth-order valence-corrected chi connectivity index (χ4v) is 2.91. The van der Waals surface area contributed by atoms with Crippen LogP contribution in [0, 0.1) is 16.0 Å². The van der Waals surface area contributed by atoms with Gasteiger partial charge in [0.1, 0.15) is 11.4 Å². The maximum Gasteiger partial charge on any atom is 0.292 e. The highest BCUT2D eigenvalue weighted by Gasteiger charge is 2.14. The van der Waals surface area contributed by atoms with Crippen molar-refractivity contribution >= 4 is 27.3 Å². The molecule has 0 bridgehead atoms. The van der Waals surface area contributed by atoms with Crippen molar-refractivity contribution in [3.63, 3.8) is 0 Å². The van der Waals surface area contributed by atoms with E-state index in [1.807, 2.05) is 19.3 Å². The number of halogens is 1. The summed E-state index contributed by atoms with van der Waals surface area (Å²) in [6.45, 7) is 4.40. The Morgan fingerprint density at radius 3 is 3.00 bits per heavy atom. The third kappa shape index (κ3) is 6.42. The molecule has 7 heteroatoms. The largest absolute Gasteiger partial charge is 0.492 e. The van der Waals surface area contributed by atoms with Crippen LogP contribution in [0.2, 0.25) is 0 Å². The van der Waals surface area contributed by atoms with Crippen LogP contribution in [0.25, 0.3) is 0 Å². The Morgan fingerprint density at radius 1 is 1.48 bits per heavy atom. The number of anilines is 1. The lowest BCUT2D eigenvalue weighted by Crippen LogP contribution is -2.15. The van der Waals surface area contributed by atoms with Gasteiger partial charge in [-0.3, -0.25) is 10.1 Å². The van der Waals surface area contributed by atoms with Gasteiger partial charge in [0.25, 0.3) is 5.69 Å². The standard InChI is InChI=1S/C18H24BrN3O3/c1-14(5-4-10-25-16-6-3-9-21(2)13-16)12-20-17-11-15(19)7-8-18(17)22(23)24/h3,6-8,11,13-14,20H,4-5,9-10,12H2,1-2H3. The predicted molar refractivity (Wildman–Crippen MR) is 103 cm³/mol. The first-order valence-electron chi connectivity index (χ1n) is 8.35. The Labute approximate surface area is 156 Å². The quantitative estimate of drug-likeness (QED) is 0.368. The number of ether oxygens (including phenoxy) is 1. The van der Waals surface area contributed by atoms with Gasteiger partial charge in [0, 0.05) is 36.9 Å². The summed E-state index contributed by atoms with van der Waals surface area (Å²) in [6, 6.07) is 4.93. The van der Waals surface area contributed by atoms with Gasteiger partial charge in [0.15, 0.2) is 0 Å². The van der Waals surface area contributed by atoms with Crippen molar-refractivity contribution in [2.75, 3.05) is 32.1 Å². The molecule has 136 valence electrons. The van der Waals surface area contributed by atoms with Crippen molar-refractivity contribution in [2.45, 2.75) is 19.8 Å². The molecule has 0 radical (unpaired) electrons. The molecule has 0 saturated carbocycles. The maximum absolute atomic E-state index is 11.1. The van der Waals surface area contributed by atoms with E-state index in [4.69, 9.17) is 4.74 Å². The van der Waals surface area contributed by atoms with E-state index in [0.29, 0.717) is 24.8 Å². The first-order valence-corrected chi connectivity index (χ1v) is 9.14. The van der Waals surface area contributed by atoms with E-state index in [2.05, 4.69) is 39.1 Å². The fourth-order valence-electron chi connectivity index (χ4n) is 2.55. The summed E-state index contributed by atoms with van der Waals surface area (Å²) < 4.78 is 6.57. The van der Waals surface area contributed by atoms with E-state index in [1.165, 1.54) is 6.07 Å². The Bertz CT molecular complexity index is 661. The molecule has 0 aliphatic carbocycles. The van der Waals surface area contributed by atoms with Gasteiger partial charge in [-0.1, -0.05) is 28.9 Å². The molecule has 25 heavy (non-hydrogen) atoms. The van der Waals surface area contributed by atoms with Gasteiger partial charge in [-0.15, -0.1) is 0 Å². The van der Waals surface area contributed by atoms with Crippen LogP contribution in [-0.4, -0.2) is 36.6 Å². The molecule has 1 aliphatic heterocycles. The molecule has 6 nitrogen and oxygen atoms in total. The molecule has 0 saturated heterocycles. The highest BCUT2D eigenvalue weighted by atomic mass is 79.9. The van der Waals surface area contributed by atoms with Crippen LogP contribution in [0.5, 0.6) is 0 Å². The molecule has 1 aromatic carbocycles. The molecular weight excluding hydrogens is 386 g/mol. The highest BCUT2D eigenvalue weighted by molar-refractivity contribution is 9.10. The molecule has 1 atom stereocenters. The molecule has 1 aliphatic rings. The first-order chi connectivity index (χ1) is 12.0. The summed E-state index contributed by atoms with van der Waals surface area (Å²) in [7, 11) is 2.02. The smallest absolute Gasteiger partial charge is 0.292 e. The van der Waals surface area contributed by atoms with Gasteiger partial charge in [-0.25, -0.2) is 0 Å². The normalized spacial score (nSPS) is 14.8. The minimum absolute atomic E-state index is 0.0962. The van der Waals surface area contributed by atoms with Crippen LogP contribution < -0.4 is 5.32 Å². The number of nitrogens with zero attached hydrogens (tertiary/aromatic N) is 2. The van der Waals surface area contributed by atoms with Crippen molar-refractivity contribution in [3.05, 3.63) is 56.9 Å². The number of nitro benzene ring substituents is 1. The van der Waals surface area contributed by atoms with E-state index < -0.39 is 0 Å². The molecule has 1 aromatic rings. The van der Waals surface area contributed by atoms with Crippen LogP contribution in [0.1, 0.15) is 19.8 Å². The Balaban J connectivity index is 1.72. The van der Waals surface area contributed by atoms with Crippen LogP contribution in [0.4, 0.5) is 11.4 Å². The van der Waals surface area contributed by atoms with Gasteiger partial charge >= 0.3 is 0 Å². The van der Waals surface area contributed by atoms with Gasteiger partial charge < -0.3 is 15.0 Å². The minimum Gasteiger partial charge on any atom is -0.492 e. The third-order valence-corrected chi connectivity index (χ3v) is 4.42. The lowest BCUT2D eigenvalue weighted by atomic mass is 10.1. The summed E-state index contributed by atoms with van der Waals surface area (Å²) in [5, 5.41) is 14.3. The lowest BCUT2D eigenvalue weighted by molar-refractivity contribution is -0.384. The van der Waals surface area contributed by atoms with Crippen molar-refractivity contribution in [1.29, 1.82) is 0 Å². The SMILES string of the molecule is CC(CCCOC1=CN(C)CC=C1)CNc1cc(Br)ccc1[N+](=O)[O-]. The molecule has 0 aromatic heterocycles. The number of likely N-dealkylation sites (N-methyl/N-ethyl adjacent to an activating group) is 1. The van der Waals surface area contributed by atoms with Gasteiger partial charge in [-0.05, 0) is 37.0 Å². The van der Waals surface area contributed by atoms with Crippen LogP contribution >= 0.6 is 15.9 Å². The average Bonchev–Trinajstić information content (AvgIpc) is 2.57. The first kappa shape index (κ1) is 19.3. The molecule has 2 rings (SSSR count). The number of rotatable bonds is 9. The Kier molecular flexibility index (Phi) is 7.31. The molecule has 0 spiro atoms. The van der Waals surface area contributed by atoms with Crippen LogP contribution in [0.15, 0.2) is 46.8 Å². The van der Waals surface area contributed by atoms with E-state index in [1.54, 1.807) is 12.1 Å². The Morgan fingerprint density at radius 2 is 2.28 bits per heavy atom. The van der Waals surface area contributed by atoms with Gasteiger partial charge in [0.2, 0.25) is 0 Å². The van der Waals surface area contributed by atoms with Crippen LogP contribution in [0.3, 0.4) is 0 Å². The van der Waals surface area contributed by atoms with Gasteiger partial charge in [0.05, 0.1) is 11.5 Å². The van der Waals surface area contributed by atoms with E-state index in [0.717, 1.165) is 29.6 Å². The second-order valence-electron chi connectivity index (χ2n) is 6.27. The number of allylic oxidation sites excluding steroid dienone is 1. The molecule has 0 amide bonds. The van der Waals surface area contributed by atoms with Crippen LogP contribution in [-0.2, 0) is 4.74 Å². The molecule has 0 fully saturated rings. The highest BCUT2D eigenvalue weighted by Crippen LogP contribution is 2.28. The van der Waals surface area contributed by atoms with Crippen molar-refractivity contribution < 1.29 is 9.66 Å². The number of hydrogen-bond donors (Lipinski definition) is 1. The summed E-state index contributed by atoms with van der Waals surface area (Å²) in [5.41, 5.74) is 0.641. The summed E-state index contributed by atoms with van der Waals surface area (Å²) in [4.78, 5) is 12.8. The minimum atomic E-state index is -0.365. The van der Waals surface area contributed by atoms with E-state index >= 15 is 0 Å². The van der Waals surface area contributed by atoms with Crippen molar-refractivity contribution in [3.8, 4) is 0 Å². The molecule has 1 unspecified atom stereocenters. The predicted octanol–water partition coefficient (Wildman–Crippen LogP) is 4.55. The van der Waals surface area contributed by atoms with E-state index in [-0.39, 0.29) is 10.6 Å². The summed E-state index contributed by atoms with van der Waals surface area (Å²) in [6.07, 6.45) is 8.00. The molecular formula is C18H24BrN3O3. The zero-order chi connectivity index (χ0) is 18.2.